The van der Waals surface area contributed by atoms with Crippen LogP contribution in [0.5, 0.6) is 0 Å². The van der Waals surface area contributed by atoms with Gasteiger partial charge in [-0.1, -0.05) is 13.0 Å². The Labute approximate surface area is 110 Å². The Kier molecular flexibility index (Phi) is 5.82. The fraction of sp³-hybridized carbons (Fsp3) is 0.462. The first-order valence-electron chi connectivity index (χ1n) is 6.11. The monoisotopic (exact) mass is 274 g/mol. The molecule has 1 aromatic rings. The van der Waals surface area contributed by atoms with E-state index in [-0.39, 0.29) is 18.0 Å². The van der Waals surface area contributed by atoms with E-state index in [1.54, 1.807) is 0 Å². The molecule has 6 heteroatoms. The van der Waals surface area contributed by atoms with Gasteiger partial charge >= 0.3 is 6.18 Å². The summed E-state index contributed by atoms with van der Waals surface area (Å²) in [6.45, 7) is 3.34. The molecular formula is C13H17F3N2O. The van der Waals surface area contributed by atoms with Gasteiger partial charge in [0.05, 0.1) is 5.56 Å². The molecule has 0 spiro atoms. The molecule has 106 valence electrons. The van der Waals surface area contributed by atoms with Crippen LogP contribution in [0, 0.1) is 0 Å². The Morgan fingerprint density at radius 2 is 2.00 bits per heavy atom. The predicted molar refractivity (Wildman–Crippen MR) is 67.9 cm³/mol. The number of benzene rings is 1. The van der Waals surface area contributed by atoms with Crippen LogP contribution in [0.2, 0.25) is 0 Å². The minimum absolute atomic E-state index is 0.162. The summed E-state index contributed by atoms with van der Waals surface area (Å²) in [7, 11) is 0. The molecule has 0 aliphatic heterocycles. The van der Waals surface area contributed by atoms with Crippen LogP contribution in [0.1, 0.15) is 25.3 Å². The molecule has 0 saturated carbocycles. The third-order valence-electron chi connectivity index (χ3n) is 2.43. The molecule has 1 amide bonds. The second kappa shape index (κ2) is 7.13. The lowest BCUT2D eigenvalue weighted by Gasteiger charge is -2.10. The molecule has 0 bridgehead atoms. The van der Waals surface area contributed by atoms with Crippen LogP contribution in [0.25, 0.3) is 0 Å². The van der Waals surface area contributed by atoms with Crippen LogP contribution in [0.3, 0.4) is 0 Å². The molecule has 0 radical (unpaired) electrons. The molecule has 0 atom stereocenters. The third-order valence-corrected chi connectivity index (χ3v) is 2.43. The number of nitrogens with one attached hydrogen (secondary N) is 2. The quantitative estimate of drug-likeness (QED) is 0.783. The van der Waals surface area contributed by atoms with Gasteiger partial charge in [-0.2, -0.15) is 13.2 Å². The lowest BCUT2D eigenvalue weighted by atomic mass is 10.2. The van der Waals surface area contributed by atoms with Gasteiger partial charge < -0.3 is 10.6 Å². The highest BCUT2D eigenvalue weighted by molar-refractivity contribution is 5.90. The Hall–Kier alpha value is -1.56. The van der Waals surface area contributed by atoms with Gasteiger partial charge in [0.25, 0.3) is 0 Å². The van der Waals surface area contributed by atoms with E-state index in [9.17, 15) is 18.0 Å². The lowest BCUT2D eigenvalue weighted by molar-refractivity contribution is -0.137. The molecule has 1 aromatic carbocycles. The van der Waals surface area contributed by atoms with E-state index in [0.29, 0.717) is 6.54 Å². The zero-order valence-electron chi connectivity index (χ0n) is 10.7. The number of anilines is 1. The van der Waals surface area contributed by atoms with Crippen molar-refractivity contribution in [2.75, 3.05) is 18.4 Å². The van der Waals surface area contributed by atoms with Crippen molar-refractivity contribution in [3.8, 4) is 0 Å². The van der Waals surface area contributed by atoms with Crippen molar-refractivity contribution in [3.05, 3.63) is 29.8 Å². The highest BCUT2D eigenvalue weighted by atomic mass is 19.4. The van der Waals surface area contributed by atoms with Crippen LogP contribution in [-0.4, -0.2) is 19.0 Å². The van der Waals surface area contributed by atoms with Crippen molar-refractivity contribution in [2.24, 2.45) is 0 Å². The number of carbonyl (C=O) groups is 1. The fourth-order valence-corrected chi connectivity index (χ4v) is 1.50. The Morgan fingerprint density at radius 3 is 2.63 bits per heavy atom. The third kappa shape index (κ3) is 5.74. The van der Waals surface area contributed by atoms with Gasteiger partial charge in [-0.3, -0.25) is 4.79 Å². The maximum atomic E-state index is 12.5. The van der Waals surface area contributed by atoms with Crippen LogP contribution in [0.15, 0.2) is 24.3 Å². The summed E-state index contributed by atoms with van der Waals surface area (Å²) in [4.78, 5) is 11.5. The van der Waals surface area contributed by atoms with Crippen LogP contribution < -0.4 is 10.6 Å². The van der Waals surface area contributed by atoms with E-state index in [1.165, 1.54) is 12.1 Å². The van der Waals surface area contributed by atoms with Gasteiger partial charge in [0.2, 0.25) is 5.91 Å². The largest absolute Gasteiger partial charge is 0.416 e. The molecule has 0 aliphatic carbocycles. The molecule has 0 aliphatic rings. The van der Waals surface area contributed by atoms with E-state index >= 15 is 0 Å². The van der Waals surface area contributed by atoms with E-state index < -0.39 is 11.7 Å². The van der Waals surface area contributed by atoms with Gasteiger partial charge in [-0.15, -0.1) is 0 Å². The molecule has 0 unspecified atom stereocenters. The van der Waals surface area contributed by atoms with Crippen molar-refractivity contribution in [2.45, 2.75) is 25.9 Å². The number of hydrogen-bond acceptors (Lipinski definition) is 2. The van der Waals surface area contributed by atoms with Crippen molar-refractivity contribution < 1.29 is 18.0 Å². The number of halogens is 3. The average molecular weight is 274 g/mol. The van der Waals surface area contributed by atoms with Crippen LogP contribution in [-0.2, 0) is 11.0 Å². The topological polar surface area (TPSA) is 41.1 Å². The van der Waals surface area contributed by atoms with Crippen molar-refractivity contribution >= 4 is 11.6 Å². The number of hydrogen-bond donors (Lipinski definition) is 2. The number of amides is 1. The smallest absolute Gasteiger partial charge is 0.326 e. The van der Waals surface area contributed by atoms with Crippen molar-refractivity contribution in [1.82, 2.24) is 5.32 Å². The highest BCUT2D eigenvalue weighted by Crippen LogP contribution is 2.30. The maximum Gasteiger partial charge on any atom is 0.416 e. The molecule has 19 heavy (non-hydrogen) atoms. The summed E-state index contributed by atoms with van der Waals surface area (Å²) in [5.74, 6) is -0.303. The molecule has 1 rings (SSSR count). The molecule has 0 fully saturated rings. The molecule has 0 heterocycles. The summed E-state index contributed by atoms with van der Waals surface area (Å²) in [5, 5.41) is 5.50. The molecule has 0 saturated heterocycles. The van der Waals surface area contributed by atoms with E-state index in [0.717, 1.165) is 25.1 Å². The standard InChI is InChI=1S/C13H17F3N2O/c1-2-7-17-8-6-12(19)18-11-5-3-4-10(9-11)13(14,15)16/h3-5,9,17H,2,6-8H2,1H3,(H,18,19). The highest BCUT2D eigenvalue weighted by Gasteiger charge is 2.30. The van der Waals surface area contributed by atoms with Gasteiger partial charge in [-0.25, -0.2) is 0 Å². The second-order valence-electron chi connectivity index (χ2n) is 4.13. The maximum absolute atomic E-state index is 12.5. The normalized spacial score (nSPS) is 11.4. The SMILES string of the molecule is CCCNCCC(=O)Nc1cccc(C(F)(F)F)c1. The van der Waals surface area contributed by atoms with Crippen molar-refractivity contribution in [1.29, 1.82) is 0 Å². The summed E-state index contributed by atoms with van der Waals surface area (Å²) < 4.78 is 37.4. The first-order valence-corrected chi connectivity index (χ1v) is 6.11. The van der Waals surface area contributed by atoms with Crippen molar-refractivity contribution in [3.63, 3.8) is 0 Å². The lowest BCUT2D eigenvalue weighted by Crippen LogP contribution is -2.22. The van der Waals surface area contributed by atoms with Gasteiger partial charge in [-0.05, 0) is 31.2 Å². The first-order chi connectivity index (χ1) is 8.93. The molecule has 0 aromatic heterocycles. The minimum atomic E-state index is -4.40. The summed E-state index contributed by atoms with van der Waals surface area (Å²) in [6.07, 6.45) is -3.20. The van der Waals surface area contributed by atoms with E-state index in [4.69, 9.17) is 0 Å². The number of rotatable bonds is 6. The Morgan fingerprint density at radius 1 is 1.26 bits per heavy atom. The zero-order valence-corrected chi connectivity index (χ0v) is 10.7. The van der Waals surface area contributed by atoms with Crippen LogP contribution >= 0.6 is 0 Å². The summed E-state index contributed by atoms with van der Waals surface area (Å²) >= 11 is 0. The van der Waals surface area contributed by atoms with E-state index in [2.05, 4.69) is 10.6 Å². The Balaban J connectivity index is 2.50. The molecular weight excluding hydrogens is 257 g/mol. The van der Waals surface area contributed by atoms with Gasteiger partial charge in [0, 0.05) is 18.7 Å². The summed E-state index contributed by atoms with van der Waals surface area (Å²) in [6, 6.07) is 4.61. The molecule has 3 nitrogen and oxygen atoms in total. The summed E-state index contributed by atoms with van der Waals surface area (Å²) in [5.41, 5.74) is -0.607. The van der Waals surface area contributed by atoms with E-state index in [1.807, 2.05) is 6.92 Å². The average Bonchev–Trinajstić information content (AvgIpc) is 2.34. The first kappa shape index (κ1) is 15.5. The molecule has 2 N–H and O–H groups in total. The number of carbonyl (C=O) groups excluding carboxylic acids is 1. The predicted octanol–water partition coefficient (Wildman–Crippen LogP) is 3.03. The minimum Gasteiger partial charge on any atom is -0.326 e. The number of alkyl halides is 3. The van der Waals surface area contributed by atoms with Gasteiger partial charge in [0.15, 0.2) is 0 Å². The Bertz CT molecular complexity index is 419. The fourth-order valence-electron chi connectivity index (χ4n) is 1.50. The zero-order chi connectivity index (χ0) is 14.3. The second-order valence-corrected chi connectivity index (χ2v) is 4.13. The van der Waals surface area contributed by atoms with Gasteiger partial charge in [0.1, 0.15) is 0 Å². The van der Waals surface area contributed by atoms with Crippen LogP contribution in [0.4, 0.5) is 18.9 Å².